The quantitative estimate of drug-likeness (QED) is 0.856. The molecule has 1 amide bonds. The molecular weight excluding hydrogens is 294 g/mol. The molecule has 6 heteroatoms. The smallest absolute Gasteiger partial charge is 0.410 e. The third kappa shape index (κ3) is 5.44. The van der Waals surface area contributed by atoms with Crippen LogP contribution in [0.25, 0.3) is 0 Å². The lowest BCUT2D eigenvalue weighted by atomic mass is 9.99. The second-order valence-electron chi connectivity index (χ2n) is 6.74. The fourth-order valence-corrected chi connectivity index (χ4v) is 2.45. The molecule has 0 aromatic carbocycles. The number of nitrogens with zero attached hydrogens (tertiary/aromatic N) is 3. The summed E-state index contributed by atoms with van der Waals surface area (Å²) >= 11 is 0. The molecule has 1 aromatic rings. The minimum atomic E-state index is -0.484. The summed E-state index contributed by atoms with van der Waals surface area (Å²) < 4.78 is 11.1. The van der Waals surface area contributed by atoms with Gasteiger partial charge in [-0.25, -0.2) is 9.78 Å². The van der Waals surface area contributed by atoms with Gasteiger partial charge in [-0.3, -0.25) is 0 Å². The van der Waals surface area contributed by atoms with Gasteiger partial charge in [0, 0.05) is 31.3 Å². The monoisotopic (exact) mass is 317 g/mol. The second kappa shape index (κ2) is 7.32. The first-order valence-electron chi connectivity index (χ1n) is 7.84. The van der Waals surface area contributed by atoms with E-state index >= 15 is 0 Å². The number of hydrogen-bond acceptors (Lipinski definition) is 5. The number of hydrogen-bond donors (Lipinski definition) is 0. The number of piperidine rings is 1. The first-order chi connectivity index (χ1) is 10.9. The van der Waals surface area contributed by atoms with Crippen molar-refractivity contribution < 1.29 is 14.3 Å². The largest absolute Gasteiger partial charge is 0.477 e. The van der Waals surface area contributed by atoms with Gasteiger partial charge in [-0.1, -0.05) is 0 Å². The Morgan fingerprint density at radius 2 is 2.30 bits per heavy atom. The van der Waals surface area contributed by atoms with Crippen molar-refractivity contribution in [1.82, 2.24) is 9.88 Å². The number of nitriles is 1. The highest BCUT2D eigenvalue weighted by Gasteiger charge is 2.27. The summed E-state index contributed by atoms with van der Waals surface area (Å²) in [5.74, 6) is 0.683. The average Bonchev–Trinajstić information content (AvgIpc) is 2.52. The summed E-state index contributed by atoms with van der Waals surface area (Å²) in [5, 5.41) is 8.88. The van der Waals surface area contributed by atoms with E-state index in [0.29, 0.717) is 31.1 Å². The molecule has 2 heterocycles. The first kappa shape index (κ1) is 17.1. The van der Waals surface area contributed by atoms with Crippen LogP contribution in [0, 0.1) is 17.2 Å². The Bertz CT molecular complexity index is 589. The fraction of sp³-hybridized carbons (Fsp3) is 0.588. The predicted octanol–water partition coefficient (Wildman–Crippen LogP) is 2.98. The number of likely N-dealkylation sites (tertiary alicyclic amines) is 1. The highest BCUT2D eigenvalue weighted by Crippen LogP contribution is 2.20. The van der Waals surface area contributed by atoms with Gasteiger partial charge in [0.15, 0.2) is 0 Å². The molecule has 1 aliphatic rings. The van der Waals surface area contributed by atoms with E-state index in [1.807, 2.05) is 20.8 Å². The summed E-state index contributed by atoms with van der Waals surface area (Å²) in [6.07, 6.45) is 3.21. The molecule has 1 saturated heterocycles. The van der Waals surface area contributed by atoms with Crippen molar-refractivity contribution in [2.45, 2.75) is 39.2 Å². The molecule has 6 nitrogen and oxygen atoms in total. The fourth-order valence-electron chi connectivity index (χ4n) is 2.45. The van der Waals surface area contributed by atoms with Crippen LogP contribution < -0.4 is 4.74 Å². The summed E-state index contributed by atoms with van der Waals surface area (Å²) in [5.41, 5.74) is 0.0383. The van der Waals surface area contributed by atoms with E-state index in [2.05, 4.69) is 11.1 Å². The summed E-state index contributed by atoms with van der Waals surface area (Å²) in [6, 6.07) is 5.32. The van der Waals surface area contributed by atoms with E-state index in [4.69, 9.17) is 14.7 Å². The molecule has 1 aromatic heterocycles. The van der Waals surface area contributed by atoms with E-state index < -0.39 is 5.60 Å². The van der Waals surface area contributed by atoms with Crippen LogP contribution in [-0.2, 0) is 4.74 Å². The normalized spacial score (nSPS) is 18.2. The van der Waals surface area contributed by atoms with Gasteiger partial charge in [0.05, 0.1) is 18.2 Å². The number of carbonyl (C=O) groups is 1. The summed E-state index contributed by atoms with van der Waals surface area (Å²) in [7, 11) is 0. The van der Waals surface area contributed by atoms with Crippen LogP contribution in [0.15, 0.2) is 18.3 Å². The lowest BCUT2D eigenvalue weighted by Crippen LogP contribution is -2.44. The van der Waals surface area contributed by atoms with Crippen molar-refractivity contribution in [2.75, 3.05) is 19.7 Å². The van der Waals surface area contributed by atoms with Crippen molar-refractivity contribution in [2.24, 2.45) is 5.92 Å². The van der Waals surface area contributed by atoms with Crippen molar-refractivity contribution in [3.8, 4) is 11.9 Å². The third-order valence-corrected chi connectivity index (χ3v) is 3.50. The van der Waals surface area contributed by atoms with Crippen LogP contribution in [0.5, 0.6) is 5.88 Å². The van der Waals surface area contributed by atoms with Crippen LogP contribution in [-0.4, -0.2) is 41.3 Å². The number of rotatable bonds is 3. The molecule has 0 radical (unpaired) electrons. The minimum absolute atomic E-state index is 0.240. The zero-order chi connectivity index (χ0) is 16.9. The SMILES string of the molecule is CC(C)(C)OC(=O)N1CCC[C@@H](COc2cc(C#N)ccn2)C1. The van der Waals surface area contributed by atoms with Crippen LogP contribution in [0.4, 0.5) is 4.79 Å². The molecule has 1 atom stereocenters. The van der Waals surface area contributed by atoms with Crippen molar-refractivity contribution >= 4 is 6.09 Å². The first-order valence-corrected chi connectivity index (χ1v) is 7.84. The Kier molecular flexibility index (Phi) is 5.43. The molecule has 0 saturated carbocycles. The third-order valence-electron chi connectivity index (χ3n) is 3.50. The number of amides is 1. The molecule has 1 aliphatic heterocycles. The Morgan fingerprint density at radius 1 is 1.52 bits per heavy atom. The average molecular weight is 317 g/mol. The highest BCUT2D eigenvalue weighted by molar-refractivity contribution is 5.68. The van der Waals surface area contributed by atoms with Crippen molar-refractivity contribution in [1.29, 1.82) is 5.26 Å². The maximum atomic E-state index is 12.1. The maximum absolute atomic E-state index is 12.1. The van der Waals surface area contributed by atoms with E-state index in [9.17, 15) is 4.79 Å². The minimum Gasteiger partial charge on any atom is -0.477 e. The topological polar surface area (TPSA) is 75.4 Å². The lowest BCUT2D eigenvalue weighted by molar-refractivity contribution is 0.0138. The zero-order valence-electron chi connectivity index (χ0n) is 13.9. The van der Waals surface area contributed by atoms with E-state index in [-0.39, 0.29) is 12.0 Å². The molecule has 0 bridgehead atoms. The molecule has 0 spiro atoms. The van der Waals surface area contributed by atoms with Crippen LogP contribution >= 0.6 is 0 Å². The van der Waals surface area contributed by atoms with Gasteiger partial charge in [0.2, 0.25) is 5.88 Å². The van der Waals surface area contributed by atoms with E-state index in [1.165, 1.54) is 0 Å². The zero-order valence-corrected chi connectivity index (χ0v) is 13.9. The molecular formula is C17H23N3O3. The van der Waals surface area contributed by atoms with Gasteiger partial charge in [0.1, 0.15) is 5.60 Å². The Hall–Kier alpha value is -2.29. The van der Waals surface area contributed by atoms with Gasteiger partial charge in [-0.2, -0.15) is 5.26 Å². The predicted molar refractivity (Wildman–Crippen MR) is 85.0 cm³/mol. The van der Waals surface area contributed by atoms with Gasteiger partial charge >= 0.3 is 6.09 Å². The number of aromatic nitrogens is 1. The highest BCUT2D eigenvalue weighted by atomic mass is 16.6. The van der Waals surface area contributed by atoms with E-state index in [0.717, 1.165) is 12.8 Å². The molecule has 1 fully saturated rings. The Balaban J connectivity index is 1.86. The van der Waals surface area contributed by atoms with Gasteiger partial charge < -0.3 is 14.4 Å². The maximum Gasteiger partial charge on any atom is 0.410 e. The number of carbonyl (C=O) groups excluding carboxylic acids is 1. The molecule has 2 rings (SSSR count). The van der Waals surface area contributed by atoms with Gasteiger partial charge in [0.25, 0.3) is 0 Å². The number of pyridine rings is 1. The van der Waals surface area contributed by atoms with Gasteiger partial charge in [-0.05, 0) is 39.7 Å². The molecule has 124 valence electrons. The molecule has 0 unspecified atom stereocenters. The van der Waals surface area contributed by atoms with Gasteiger partial charge in [-0.15, -0.1) is 0 Å². The van der Waals surface area contributed by atoms with Crippen molar-refractivity contribution in [3.63, 3.8) is 0 Å². The summed E-state index contributed by atoms with van der Waals surface area (Å²) in [6.45, 7) is 7.40. The Labute approximate surface area is 137 Å². The Morgan fingerprint density at radius 3 is 3.00 bits per heavy atom. The molecule has 0 N–H and O–H groups in total. The number of ether oxygens (including phenoxy) is 2. The summed E-state index contributed by atoms with van der Waals surface area (Å²) in [4.78, 5) is 18.0. The van der Waals surface area contributed by atoms with Crippen LogP contribution in [0.2, 0.25) is 0 Å². The second-order valence-corrected chi connectivity index (χ2v) is 6.74. The van der Waals surface area contributed by atoms with Crippen molar-refractivity contribution in [3.05, 3.63) is 23.9 Å². The molecule has 0 aliphatic carbocycles. The van der Waals surface area contributed by atoms with Crippen LogP contribution in [0.3, 0.4) is 0 Å². The molecule has 23 heavy (non-hydrogen) atoms. The van der Waals surface area contributed by atoms with E-state index in [1.54, 1.807) is 23.2 Å². The standard InChI is InChI=1S/C17H23N3O3/c1-17(2,3)23-16(21)20-8-4-5-14(11-20)12-22-15-9-13(10-18)6-7-19-15/h6-7,9,14H,4-5,8,11-12H2,1-3H3/t14-/m1/s1. The lowest BCUT2D eigenvalue weighted by Gasteiger charge is -2.33. The van der Waals surface area contributed by atoms with Crippen LogP contribution in [0.1, 0.15) is 39.2 Å².